The van der Waals surface area contributed by atoms with E-state index in [1.165, 1.54) is 29.5 Å². The lowest BCUT2D eigenvalue weighted by molar-refractivity contribution is 0.0747. The molecule has 1 aliphatic rings. The Kier molecular flexibility index (Phi) is 5.08. The van der Waals surface area contributed by atoms with Crippen LogP contribution in [0.15, 0.2) is 41.1 Å². The molecule has 2 aromatic rings. The summed E-state index contributed by atoms with van der Waals surface area (Å²) in [6.07, 6.45) is 3.32. The highest BCUT2D eigenvalue weighted by Gasteiger charge is 2.33. The number of carbonyl (C=O) groups excluding carboxylic acids is 2. The minimum absolute atomic E-state index is 0.0309. The van der Waals surface area contributed by atoms with Crippen LogP contribution in [-0.4, -0.2) is 54.7 Å². The average molecular weight is 377 g/mol. The largest absolute Gasteiger partial charge is 0.467 e. The van der Waals surface area contributed by atoms with Crippen molar-refractivity contribution in [3.8, 4) is 0 Å². The molecule has 26 heavy (non-hydrogen) atoms. The van der Waals surface area contributed by atoms with E-state index in [1.807, 2.05) is 0 Å². The van der Waals surface area contributed by atoms with Gasteiger partial charge < -0.3 is 14.6 Å². The summed E-state index contributed by atoms with van der Waals surface area (Å²) in [4.78, 5) is 30.2. The maximum Gasteiger partial charge on any atom is 0.270 e. The van der Waals surface area contributed by atoms with Crippen molar-refractivity contribution in [1.82, 2.24) is 15.2 Å². The summed E-state index contributed by atoms with van der Waals surface area (Å²) in [5, 5.41) is 2.66. The van der Waals surface area contributed by atoms with Crippen LogP contribution >= 0.6 is 0 Å². The molecular formula is C17H19N3O5S. The molecule has 0 saturated carbocycles. The second kappa shape index (κ2) is 7.28. The van der Waals surface area contributed by atoms with Crippen LogP contribution in [0.2, 0.25) is 0 Å². The summed E-state index contributed by atoms with van der Waals surface area (Å²) in [5.41, 5.74) is 0.393. The number of pyridine rings is 1. The maximum atomic E-state index is 12.6. The molecule has 8 nitrogen and oxygen atoms in total. The van der Waals surface area contributed by atoms with Crippen molar-refractivity contribution in [2.75, 3.05) is 18.6 Å². The molecule has 1 atom stereocenters. The van der Waals surface area contributed by atoms with E-state index in [0.29, 0.717) is 12.2 Å². The van der Waals surface area contributed by atoms with Gasteiger partial charge in [-0.3, -0.25) is 14.6 Å². The quantitative estimate of drug-likeness (QED) is 0.828. The van der Waals surface area contributed by atoms with Crippen molar-refractivity contribution in [3.05, 3.63) is 53.7 Å². The molecule has 3 rings (SSSR count). The normalized spacial score (nSPS) is 18.4. The highest BCUT2D eigenvalue weighted by Crippen LogP contribution is 2.18. The van der Waals surface area contributed by atoms with E-state index in [1.54, 1.807) is 19.2 Å². The monoisotopic (exact) mass is 377 g/mol. The standard InChI is InChI=1S/C17H19N3O5S/c1-20(13-5-8-26(23,24)11-13)17(22)12-4-6-18-15(9-12)16(21)19-10-14-3-2-7-25-14/h2-4,6-7,9,13H,5,8,10-11H2,1H3,(H,19,21). The van der Waals surface area contributed by atoms with Crippen LogP contribution in [0.3, 0.4) is 0 Å². The summed E-state index contributed by atoms with van der Waals surface area (Å²) in [6.45, 7) is 0.214. The van der Waals surface area contributed by atoms with E-state index >= 15 is 0 Å². The van der Waals surface area contributed by atoms with Gasteiger partial charge in [-0.2, -0.15) is 0 Å². The first-order chi connectivity index (χ1) is 12.4. The SMILES string of the molecule is CN(C(=O)c1ccnc(C(=O)NCc2ccco2)c1)C1CCS(=O)(=O)C1. The molecule has 1 unspecified atom stereocenters. The number of carbonyl (C=O) groups is 2. The molecule has 0 aliphatic carbocycles. The van der Waals surface area contributed by atoms with Gasteiger partial charge in [0.2, 0.25) is 0 Å². The highest BCUT2D eigenvalue weighted by molar-refractivity contribution is 7.91. The lowest BCUT2D eigenvalue weighted by Gasteiger charge is -2.23. The molecule has 1 N–H and O–H groups in total. The molecule has 0 aromatic carbocycles. The Bertz CT molecular complexity index is 908. The first-order valence-electron chi connectivity index (χ1n) is 8.10. The fraction of sp³-hybridized carbons (Fsp3) is 0.353. The van der Waals surface area contributed by atoms with E-state index < -0.39 is 15.7 Å². The van der Waals surface area contributed by atoms with Gasteiger partial charge in [0.1, 0.15) is 11.5 Å². The molecule has 0 radical (unpaired) electrons. The Labute approximate surface area is 151 Å². The Morgan fingerprint density at radius 1 is 1.38 bits per heavy atom. The van der Waals surface area contributed by atoms with Crippen LogP contribution in [-0.2, 0) is 16.4 Å². The van der Waals surface area contributed by atoms with Crippen LogP contribution in [0.4, 0.5) is 0 Å². The molecule has 1 aliphatic heterocycles. The van der Waals surface area contributed by atoms with Crippen LogP contribution in [0.1, 0.15) is 33.0 Å². The smallest absolute Gasteiger partial charge is 0.270 e. The zero-order valence-corrected chi connectivity index (χ0v) is 15.0. The zero-order chi connectivity index (χ0) is 18.7. The van der Waals surface area contributed by atoms with Gasteiger partial charge in [-0.25, -0.2) is 8.42 Å². The van der Waals surface area contributed by atoms with Crippen molar-refractivity contribution in [2.24, 2.45) is 0 Å². The van der Waals surface area contributed by atoms with Crippen LogP contribution in [0, 0.1) is 0 Å². The van der Waals surface area contributed by atoms with Crippen molar-refractivity contribution in [1.29, 1.82) is 0 Å². The van der Waals surface area contributed by atoms with Crippen LogP contribution in [0.25, 0.3) is 0 Å². The lowest BCUT2D eigenvalue weighted by Crippen LogP contribution is -2.38. The number of amides is 2. The topological polar surface area (TPSA) is 110 Å². The van der Waals surface area contributed by atoms with Gasteiger partial charge >= 0.3 is 0 Å². The van der Waals surface area contributed by atoms with E-state index in [4.69, 9.17) is 4.42 Å². The number of nitrogens with zero attached hydrogens (tertiary/aromatic N) is 2. The van der Waals surface area contributed by atoms with E-state index in [-0.39, 0.29) is 41.3 Å². The van der Waals surface area contributed by atoms with Crippen molar-refractivity contribution in [3.63, 3.8) is 0 Å². The van der Waals surface area contributed by atoms with Crippen molar-refractivity contribution >= 4 is 21.7 Å². The highest BCUT2D eigenvalue weighted by atomic mass is 32.2. The number of hydrogen-bond acceptors (Lipinski definition) is 6. The molecular weight excluding hydrogens is 358 g/mol. The number of aromatic nitrogens is 1. The molecule has 0 spiro atoms. The van der Waals surface area contributed by atoms with Gasteiger partial charge in [-0.15, -0.1) is 0 Å². The average Bonchev–Trinajstić information content (AvgIpc) is 3.27. The van der Waals surface area contributed by atoms with Gasteiger partial charge in [0.15, 0.2) is 9.84 Å². The van der Waals surface area contributed by atoms with E-state index in [2.05, 4.69) is 10.3 Å². The lowest BCUT2D eigenvalue weighted by atomic mass is 10.1. The van der Waals surface area contributed by atoms with Gasteiger partial charge in [0, 0.05) is 24.8 Å². The number of hydrogen-bond donors (Lipinski definition) is 1. The minimum Gasteiger partial charge on any atom is -0.467 e. The van der Waals surface area contributed by atoms with Gasteiger partial charge in [-0.1, -0.05) is 0 Å². The third-order valence-corrected chi connectivity index (χ3v) is 6.07. The number of sulfone groups is 1. The van der Waals surface area contributed by atoms with Crippen molar-refractivity contribution < 1.29 is 22.4 Å². The Hall–Kier alpha value is -2.68. The van der Waals surface area contributed by atoms with Crippen LogP contribution in [0.5, 0.6) is 0 Å². The predicted octanol–water partition coefficient (Wildman–Crippen LogP) is 0.864. The first kappa shape index (κ1) is 18.1. The van der Waals surface area contributed by atoms with Gasteiger partial charge in [0.25, 0.3) is 11.8 Å². The molecule has 2 amide bonds. The van der Waals surface area contributed by atoms with Crippen molar-refractivity contribution in [2.45, 2.75) is 19.0 Å². The fourth-order valence-corrected chi connectivity index (χ4v) is 4.58. The van der Waals surface area contributed by atoms with Crippen LogP contribution < -0.4 is 5.32 Å². The summed E-state index contributed by atoms with van der Waals surface area (Å²) >= 11 is 0. The minimum atomic E-state index is -3.09. The summed E-state index contributed by atoms with van der Waals surface area (Å²) in [7, 11) is -1.51. The molecule has 1 saturated heterocycles. The second-order valence-electron chi connectivity index (χ2n) is 6.16. The first-order valence-corrected chi connectivity index (χ1v) is 9.92. The van der Waals surface area contributed by atoms with Gasteiger partial charge in [-0.05, 0) is 30.7 Å². The zero-order valence-electron chi connectivity index (χ0n) is 14.2. The molecule has 3 heterocycles. The second-order valence-corrected chi connectivity index (χ2v) is 8.39. The van der Waals surface area contributed by atoms with E-state index in [0.717, 1.165) is 0 Å². The summed E-state index contributed by atoms with van der Waals surface area (Å²) in [6, 6.07) is 6.01. The molecule has 9 heteroatoms. The Morgan fingerprint density at radius 2 is 2.19 bits per heavy atom. The van der Waals surface area contributed by atoms with E-state index in [9.17, 15) is 18.0 Å². The van der Waals surface area contributed by atoms with Gasteiger partial charge in [0.05, 0.1) is 24.3 Å². The third-order valence-electron chi connectivity index (χ3n) is 4.32. The number of rotatable bonds is 5. The molecule has 138 valence electrons. The number of nitrogens with one attached hydrogen (secondary N) is 1. The Balaban J connectivity index is 1.68. The predicted molar refractivity (Wildman–Crippen MR) is 93.3 cm³/mol. The third kappa shape index (κ3) is 4.10. The molecule has 0 bridgehead atoms. The Morgan fingerprint density at radius 3 is 2.85 bits per heavy atom. The summed E-state index contributed by atoms with van der Waals surface area (Å²) in [5.74, 6) is -0.104. The summed E-state index contributed by atoms with van der Waals surface area (Å²) < 4.78 is 28.4. The maximum absolute atomic E-state index is 12.6. The number of furan rings is 1. The fourth-order valence-electron chi connectivity index (χ4n) is 2.81. The molecule has 2 aromatic heterocycles. The molecule has 1 fully saturated rings.